The fourth-order valence-corrected chi connectivity index (χ4v) is 4.57. The second kappa shape index (κ2) is 7.96. The first-order chi connectivity index (χ1) is 11.8. The number of furan rings is 1. The number of carbonyl (C=O) groups is 1. The molecule has 1 aliphatic heterocycles. The van der Waals surface area contributed by atoms with Crippen LogP contribution in [0.4, 0.5) is 0 Å². The third kappa shape index (κ3) is 3.73. The molecule has 7 nitrogen and oxygen atoms in total. The van der Waals surface area contributed by atoms with Crippen molar-refractivity contribution in [1.82, 2.24) is 9.62 Å². The molecule has 0 bridgehead atoms. The highest BCUT2D eigenvalue weighted by molar-refractivity contribution is 7.89. The first-order valence-electron chi connectivity index (χ1n) is 8.28. The Labute approximate surface area is 159 Å². The van der Waals surface area contributed by atoms with Crippen LogP contribution >= 0.6 is 12.4 Å². The van der Waals surface area contributed by atoms with Crippen molar-refractivity contribution in [1.29, 1.82) is 0 Å². The molecule has 2 aromatic rings. The highest BCUT2D eigenvalue weighted by Crippen LogP contribution is 2.29. The van der Waals surface area contributed by atoms with E-state index in [0.717, 1.165) is 0 Å². The van der Waals surface area contributed by atoms with Gasteiger partial charge < -0.3 is 14.5 Å². The number of halogens is 1. The van der Waals surface area contributed by atoms with Gasteiger partial charge in [0.1, 0.15) is 5.58 Å². The van der Waals surface area contributed by atoms with Crippen molar-refractivity contribution < 1.29 is 22.4 Å². The number of fused-ring (bicyclic) bond motifs is 1. The highest BCUT2D eigenvalue weighted by atomic mass is 35.5. The summed E-state index contributed by atoms with van der Waals surface area (Å²) in [6, 6.07) is 4.78. The number of piperazine rings is 1. The van der Waals surface area contributed by atoms with Crippen LogP contribution in [0.25, 0.3) is 11.0 Å². The van der Waals surface area contributed by atoms with E-state index in [4.69, 9.17) is 9.15 Å². The van der Waals surface area contributed by atoms with Crippen molar-refractivity contribution in [2.24, 2.45) is 0 Å². The van der Waals surface area contributed by atoms with Crippen molar-refractivity contribution in [2.75, 3.05) is 26.2 Å². The SMILES string of the molecule is CCOC(=O)c1oc2ccc(S(=O)(=O)N3CCNC(C)C3)cc2c1C.Cl. The van der Waals surface area contributed by atoms with Gasteiger partial charge >= 0.3 is 5.97 Å². The Balaban J connectivity index is 0.00000243. The standard InChI is InChI=1S/C17H22N2O5S.ClH/c1-4-23-17(20)16-12(3)14-9-13(5-6-15(14)24-16)25(21,22)19-8-7-18-11(2)10-19;/h5-6,9,11,18H,4,7-8,10H2,1-3H3;1H. The lowest BCUT2D eigenvalue weighted by Crippen LogP contribution is -2.51. The van der Waals surface area contributed by atoms with Crippen LogP contribution in [0.2, 0.25) is 0 Å². The predicted molar refractivity (Wildman–Crippen MR) is 100 cm³/mol. The second-order valence-corrected chi connectivity index (χ2v) is 8.09. The minimum Gasteiger partial charge on any atom is -0.460 e. The number of benzene rings is 1. The molecule has 1 aromatic heterocycles. The first-order valence-corrected chi connectivity index (χ1v) is 9.72. The largest absolute Gasteiger partial charge is 0.460 e. The molecule has 0 radical (unpaired) electrons. The molecule has 1 aromatic carbocycles. The third-order valence-corrected chi connectivity index (χ3v) is 6.20. The molecule has 0 saturated carbocycles. The van der Waals surface area contributed by atoms with Gasteiger partial charge in [0, 0.05) is 36.6 Å². The number of ether oxygens (including phenoxy) is 1. The van der Waals surface area contributed by atoms with Gasteiger partial charge in [-0.25, -0.2) is 13.2 Å². The summed E-state index contributed by atoms with van der Waals surface area (Å²) in [5, 5.41) is 3.83. The Bertz CT molecular complexity index is 909. The highest BCUT2D eigenvalue weighted by Gasteiger charge is 2.29. The molecule has 1 atom stereocenters. The van der Waals surface area contributed by atoms with E-state index in [0.29, 0.717) is 36.2 Å². The molecule has 2 heterocycles. The molecule has 26 heavy (non-hydrogen) atoms. The minimum absolute atomic E-state index is 0. The van der Waals surface area contributed by atoms with Crippen molar-refractivity contribution in [2.45, 2.75) is 31.7 Å². The first kappa shape index (κ1) is 20.7. The quantitative estimate of drug-likeness (QED) is 0.789. The van der Waals surface area contributed by atoms with E-state index < -0.39 is 16.0 Å². The molecule has 1 unspecified atom stereocenters. The summed E-state index contributed by atoms with van der Waals surface area (Å²) in [5.74, 6) is -0.432. The number of nitrogens with zero attached hydrogens (tertiary/aromatic N) is 1. The van der Waals surface area contributed by atoms with Crippen LogP contribution in [0, 0.1) is 6.92 Å². The maximum absolute atomic E-state index is 12.9. The zero-order valence-electron chi connectivity index (χ0n) is 14.9. The van der Waals surface area contributed by atoms with E-state index in [1.54, 1.807) is 26.0 Å². The lowest BCUT2D eigenvalue weighted by molar-refractivity contribution is 0.0491. The van der Waals surface area contributed by atoms with E-state index in [9.17, 15) is 13.2 Å². The maximum atomic E-state index is 12.9. The summed E-state index contributed by atoms with van der Waals surface area (Å²) in [7, 11) is -3.59. The molecule has 0 amide bonds. The van der Waals surface area contributed by atoms with Crippen LogP contribution in [-0.2, 0) is 14.8 Å². The van der Waals surface area contributed by atoms with Crippen LogP contribution in [0.1, 0.15) is 30.0 Å². The Morgan fingerprint density at radius 1 is 1.42 bits per heavy atom. The lowest BCUT2D eigenvalue weighted by Gasteiger charge is -2.31. The van der Waals surface area contributed by atoms with Gasteiger partial charge in [0.15, 0.2) is 0 Å². The molecule has 1 aliphatic rings. The molecule has 3 rings (SSSR count). The Hall–Kier alpha value is -1.61. The molecule has 1 saturated heterocycles. The summed E-state index contributed by atoms with van der Waals surface area (Å²) in [6.07, 6.45) is 0. The van der Waals surface area contributed by atoms with Crippen molar-refractivity contribution >= 4 is 39.4 Å². The number of esters is 1. The zero-order chi connectivity index (χ0) is 18.2. The van der Waals surface area contributed by atoms with E-state index >= 15 is 0 Å². The number of aryl methyl sites for hydroxylation is 1. The van der Waals surface area contributed by atoms with Crippen LogP contribution in [0.15, 0.2) is 27.5 Å². The molecule has 1 fully saturated rings. The van der Waals surface area contributed by atoms with Crippen LogP contribution < -0.4 is 5.32 Å². The Kier molecular flexibility index (Phi) is 6.33. The molecule has 9 heteroatoms. The third-order valence-electron chi connectivity index (χ3n) is 4.34. The van der Waals surface area contributed by atoms with Gasteiger partial charge in [-0.15, -0.1) is 12.4 Å². The van der Waals surface area contributed by atoms with Crippen LogP contribution in [0.5, 0.6) is 0 Å². The lowest BCUT2D eigenvalue weighted by atomic mass is 10.1. The predicted octanol–water partition coefficient (Wildman–Crippen LogP) is 2.32. The maximum Gasteiger partial charge on any atom is 0.374 e. The number of hydrogen-bond donors (Lipinski definition) is 1. The summed E-state index contributed by atoms with van der Waals surface area (Å²) < 4.78 is 37.8. The molecule has 144 valence electrons. The molecule has 0 spiro atoms. The van der Waals surface area contributed by atoms with E-state index in [1.165, 1.54) is 10.4 Å². The molecular formula is C17H23ClN2O5S. The average Bonchev–Trinajstić information content (AvgIpc) is 2.91. The van der Waals surface area contributed by atoms with Gasteiger partial charge in [0.05, 0.1) is 11.5 Å². The second-order valence-electron chi connectivity index (χ2n) is 6.15. The van der Waals surface area contributed by atoms with E-state index in [1.807, 2.05) is 6.92 Å². The Morgan fingerprint density at radius 3 is 2.81 bits per heavy atom. The summed E-state index contributed by atoms with van der Waals surface area (Å²) in [5.41, 5.74) is 1.05. The molecular weight excluding hydrogens is 380 g/mol. The van der Waals surface area contributed by atoms with Gasteiger partial charge in [-0.1, -0.05) is 0 Å². The number of sulfonamides is 1. The van der Waals surface area contributed by atoms with Gasteiger partial charge in [0.2, 0.25) is 15.8 Å². The summed E-state index contributed by atoms with van der Waals surface area (Å²) in [6.45, 7) is 7.13. The minimum atomic E-state index is -3.59. The van der Waals surface area contributed by atoms with Crippen molar-refractivity contribution in [3.8, 4) is 0 Å². The smallest absolute Gasteiger partial charge is 0.374 e. The van der Waals surface area contributed by atoms with E-state index in [-0.39, 0.29) is 35.7 Å². The number of nitrogens with one attached hydrogen (secondary N) is 1. The molecule has 0 aliphatic carbocycles. The van der Waals surface area contributed by atoms with Crippen LogP contribution in [0.3, 0.4) is 0 Å². The van der Waals surface area contributed by atoms with Gasteiger partial charge in [-0.05, 0) is 39.0 Å². The van der Waals surface area contributed by atoms with Crippen LogP contribution in [-0.4, -0.2) is 51.0 Å². The van der Waals surface area contributed by atoms with E-state index in [2.05, 4.69) is 5.32 Å². The summed E-state index contributed by atoms with van der Waals surface area (Å²) in [4.78, 5) is 12.2. The zero-order valence-corrected chi connectivity index (χ0v) is 16.6. The molecule has 1 N–H and O–H groups in total. The Morgan fingerprint density at radius 2 is 2.15 bits per heavy atom. The average molecular weight is 403 g/mol. The fourth-order valence-electron chi connectivity index (χ4n) is 3.02. The van der Waals surface area contributed by atoms with Gasteiger partial charge in [-0.2, -0.15) is 4.31 Å². The number of carbonyl (C=O) groups excluding carboxylic acids is 1. The number of hydrogen-bond acceptors (Lipinski definition) is 6. The number of rotatable bonds is 4. The normalized spacial score (nSPS) is 18.5. The van der Waals surface area contributed by atoms with Crippen molar-refractivity contribution in [3.63, 3.8) is 0 Å². The summed E-state index contributed by atoms with van der Waals surface area (Å²) >= 11 is 0. The fraction of sp³-hybridized carbons (Fsp3) is 0.471. The monoisotopic (exact) mass is 402 g/mol. The van der Waals surface area contributed by atoms with Crippen molar-refractivity contribution in [3.05, 3.63) is 29.5 Å². The van der Waals surface area contributed by atoms with Gasteiger partial charge in [-0.3, -0.25) is 0 Å². The van der Waals surface area contributed by atoms with Gasteiger partial charge in [0.25, 0.3) is 0 Å². The topological polar surface area (TPSA) is 88.8 Å².